The Hall–Kier alpha value is -3.26. The molecule has 2 amide bonds. The first-order valence-corrected chi connectivity index (χ1v) is 10.1. The van der Waals surface area contributed by atoms with Crippen molar-refractivity contribution in [2.24, 2.45) is 0 Å². The summed E-state index contributed by atoms with van der Waals surface area (Å²) < 4.78 is 4.99. The van der Waals surface area contributed by atoms with Crippen molar-refractivity contribution in [1.82, 2.24) is 9.88 Å². The number of fused-ring (bicyclic) bond motifs is 1. The molecule has 1 aromatic heterocycles. The number of H-pyrrole nitrogens is 1. The maximum Gasteiger partial charge on any atom is 0.417 e. The van der Waals surface area contributed by atoms with Gasteiger partial charge in [-0.3, -0.25) is 14.6 Å². The Morgan fingerprint density at radius 2 is 1.97 bits per heavy atom. The summed E-state index contributed by atoms with van der Waals surface area (Å²) in [5.74, 6) is -1.87. The van der Waals surface area contributed by atoms with Crippen LogP contribution in [0.5, 0.6) is 0 Å². The van der Waals surface area contributed by atoms with E-state index in [-0.39, 0.29) is 6.04 Å². The van der Waals surface area contributed by atoms with Crippen molar-refractivity contribution in [2.75, 3.05) is 29.9 Å². The van der Waals surface area contributed by atoms with Crippen molar-refractivity contribution in [2.45, 2.75) is 19.4 Å². The molecule has 3 aromatic rings. The molecule has 0 saturated carbocycles. The number of aromatic nitrogens is 1. The largest absolute Gasteiger partial charge is 0.417 e. The zero-order valence-electron chi connectivity index (χ0n) is 16.4. The normalized spacial score (nSPS) is 16.7. The van der Waals surface area contributed by atoms with Gasteiger partial charge in [-0.05, 0) is 42.8 Å². The van der Waals surface area contributed by atoms with Gasteiger partial charge in [-0.1, -0.05) is 18.5 Å². The van der Waals surface area contributed by atoms with Crippen LogP contribution in [0, 0.1) is 0 Å². The molecule has 0 spiro atoms. The van der Waals surface area contributed by atoms with Gasteiger partial charge in [0.25, 0.3) is 0 Å². The standard InChI is InChI=1S/C21H21ClN4O4/c1-2-15-12-25(16-6-3-13(22)4-7-16)9-10-26(15)20(28)19(27)23-14-5-8-17-18(11-14)30-21(29)24-17/h3-8,11,15H,2,9-10,12H2,1H3,(H,23,27)(H,24,29)/t15-/m1/s1. The quantitative estimate of drug-likeness (QED) is 0.625. The van der Waals surface area contributed by atoms with Crippen molar-refractivity contribution < 1.29 is 14.0 Å². The van der Waals surface area contributed by atoms with E-state index in [9.17, 15) is 14.4 Å². The fourth-order valence-electron chi connectivity index (χ4n) is 3.70. The molecule has 0 radical (unpaired) electrons. The van der Waals surface area contributed by atoms with Crippen molar-refractivity contribution in [1.29, 1.82) is 0 Å². The van der Waals surface area contributed by atoms with E-state index in [4.69, 9.17) is 16.0 Å². The molecule has 1 saturated heterocycles. The number of hydrogen-bond acceptors (Lipinski definition) is 5. The first-order chi connectivity index (χ1) is 14.4. The summed E-state index contributed by atoms with van der Waals surface area (Å²) in [5, 5.41) is 3.27. The molecule has 4 rings (SSSR count). The second-order valence-electron chi connectivity index (χ2n) is 7.16. The lowest BCUT2D eigenvalue weighted by molar-refractivity contribution is -0.145. The zero-order chi connectivity index (χ0) is 21.3. The maximum absolute atomic E-state index is 12.8. The minimum absolute atomic E-state index is 0.0853. The van der Waals surface area contributed by atoms with Crippen LogP contribution < -0.4 is 16.0 Å². The molecule has 1 atom stereocenters. The van der Waals surface area contributed by atoms with Crippen LogP contribution in [0.4, 0.5) is 11.4 Å². The predicted molar refractivity (Wildman–Crippen MR) is 115 cm³/mol. The average molecular weight is 429 g/mol. The summed E-state index contributed by atoms with van der Waals surface area (Å²) in [7, 11) is 0. The number of nitrogens with one attached hydrogen (secondary N) is 2. The SMILES string of the molecule is CC[C@@H]1CN(c2ccc(Cl)cc2)CCN1C(=O)C(=O)Nc1ccc2[nH]c(=O)oc2c1. The lowest BCUT2D eigenvalue weighted by Crippen LogP contribution is -2.57. The summed E-state index contributed by atoms with van der Waals surface area (Å²) >= 11 is 5.97. The minimum atomic E-state index is -0.717. The number of carbonyl (C=O) groups excluding carboxylic acids is 2. The molecule has 0 aliphatic carbocycles. The number of benzene rings is 2. The summed E-state index contributed by atoms with van der Waals surface area (Å²) in [6.45, 7) is 3.70. The highest BCUT2D eigenvalue weighted by atomic mass is 35.5. The van der Waals surface area contributed by atoms with Gasteiger partial charge in [0.2, 0.25) is 0 Å². The monoisotopic (exact) mass is 428 g/mol. The maximum atomic E-state index is 12.8. The molecule has 156 valence electrons. The van der Waals surface area contributed by atoms with Crippen LogP contribution in [0.3, 0.4) is 0 Å². The number of carbonyl (C=O) groups is 2. The van der Waals surface area contributed by atoms with E-state index in [1.54, 1.807) is 17.0 Å². The minimum Gasteiger partial charge on any atom is -0.408 e. The molecule has 2 heterocycles. The van der Waals surface area contributed by atoms with Gasteiger partial charge in [0, 0.05) is 48.1 Å². The first-order valence-electron chi connectivity index (χ1n) is 9.70. The number of rotatable bonds is 3. The number of piperazine rings is 1. The Labute approximate surface area is 177 Å². The van der Waals surface area contributed by atoms with Crippen molar-refractivity contribution in [3.05, 3.63) is 58.0 Å². The predicted octanol–water partition coefficient (Wildman–Crippen LogP) is 2.84. The van der Waals surface area contributed by atoms with Gasteiger partial charge >= 0.3 is 17.6 Å². The van der Waals surface area contributed by atoms with Crippen LogP contribution >= 0.6 is 11.6 Å². The van der Waals surface area contributed by atoms with Crippen LogP contribution in [-0.2, 0) is 9.59 Å². The van der Waals surface area contributed by atoms with E-state index in [1.165, 1.54) is 6.07 Å². The molecule has 1 aliphatic rings. The van der Waals surface area contributed by atoms with Gasteiger partial charge in [-0.15, -0.1) is 0 Å². The Morgan fingerprint density at radius 3 is 2.70 bits per heavy atom. The van der Waals surface area contributed by atoms with Gasteiger partial charge in [-0.2, -0.15) is 0 Å². The third-order valence-corrected chi connectivity index (χ3v) is 5.53. The molecular formula is C21H21ClN4O4. The fourth-order valence-corrected chi connectivity index (χ4v) is 3.82. The van der Waals surface area contributed by atoms with Gasteiger partial charge in [0.1, 0.15) is 0 Å². The van der Waals surface area contributed by atoms with Crippen LogP contribution in [-0.4, -0.2) is 47.4 Å². The number of aromatic amines is 1. The molecule has 0 unspecified atom stereocenters. The third-order valence-electron chi connectivity index (χ3n) is 5.28. The topological polar surface area (TPSA) is 98.6 Å². The van der Waals surface area contributed by atoms with Crippen LogP contribution in [0.2, 0.25) is 5.02 Å². The van der Waals surface area contributed by atoms with E-state index in [1.807, 2.05) is 31.2 Å². The van der Waals surface area contributed by atoms with Crippen LogP contribution in [0.25, 0.3) is 11.1 Å². The van der Waals surface area contributed by atoms with E-state index < -0.39 is 17.6 Å². The van der Waals surface area contributed by atoms with Crippen molar-refractivity contribution in [3.8, 4) is 0 Å². The van der Waals surface area contributed by atoms with Gasteiger partial charge in [-0.25, -0.2) is 4.79 Å². The molecule has 2 N–H and O–H groups in total. The highest BCUT2D eigenvalue weighted by Crippen LogP contribution is 2.23. The second kappa shape index (κ2) is 8.23. The number of halogens is 1. The fraction of sp³-hybridized carbons (Fsp3) is 0.286. The van der Waals surface area contributed by atoms with E-state index in [2.05, 4.69) is 15.2 Å². The first kappa shape index (κ1) is 20.0. The van der Waals surface area contributed by atoms with Crippen molar-refractivity contribution in [3.63, 3.8) is 0 Å². The van der Waals surface area contributed by atoms with Gasteiger partial charge < -0.3 is 19.5 Å². The third kappa shape index (κ3) is 4.04. The van der Waals surface area contributed by atoms with E-state index in [0.29, 0.717) is 41.4 Å². The molecule has 8 nitrogen and oxygen atoms in total. The molecule has 1 aliphatic heterocycles. The number of amides is 2. The molecular weight excluding hydrogens is 408 g/mol. The molecule has 30 heavy (non-hydrogen) atoms. The molecule has 0 bridgehead atoms. The second-order valence-corrected chi connectivity index (χ2v) is 7.60. The van der Waals surface area contributed by atoms with Gasteiger partial charge in [0.05, 0.1) is 5.52 Å². The Morgan fingerprint density at radius 1 is 1.20 bits per heavy atom. The smallest absolute Gasteiger partial charge is 0.408 e. The lowest BCUT2D eigenvalue weighted by atomic mass is 10.1. The van der Waals surface area contributed by atoms with Crippen LogP contribution in [0.15, 0.2) is 51.7 Å². The lowest BCUT2D eigenvalue weighted by Gasteiger charge is -2.41. The molecule has 9 heteroatoms. The Balaban J connectivity index is 1.44. The number of nitrogens with zero attached hydrogens (tertiary/aromatic N) is 2. The van der Waals surface area contributed by atoms with Crippen molar-refractivity contribution >= 4 is 45.9 Å². The van der Waals surface area contributed by atoms with Crippen LogP contribution in [0.1, 0.15) is 13.3 Å². The number of hydrogen-bond donors (Lipinski definition) is 2. The summed E-state index contributed by atoms with van der Waals surface area (Å²) in [4.78, 5) is 43.0. The molecule has 2 aromatic carbocycles. The zero-order valence-corrected chi connectivity index (χ0v) is 17.1. The average Bonchev–Trinajstić information content (AvgIpc) is 3.12. The summed E-state index contributed by atoms with van der Waals surface area (Å²) in [6, 6.07) is 12.2. The molecule has 1 fully saturated rings. The van der Waals surface area contributed by atoms with Gasteiger partial charge in [0.15, 0.2) is 5.58 Å². The van der Waals surface area contributed by atoms with E-state index >= 15 is 0 Å². The highest BCUT2D eigenvalue weighted by Gasteiger charge is 2.32. The summed E-state index contributed by atoms with van der Waals surface area (Å²) in [5.41, 5.74) is 2.26. The number of anilines is 2. The highest BCUT2D eigenvalue weighted by molar-refractivity contribution is 6.39. The van der Waals surface area contributed by atoms with E-state index in [0.717, 1.165) is 12.1 Å². The Kier molecular flexibility index (Phi) is 5.50. The summed E-state index contributed by atoms with van der Waals surface area (Å²) in [6.07, 6.45) is 0.726. The Bertz CT molecular complexity index is 1140. The number of oxazole rings is 1.